The van der Waals surface area contributed by atoms with Crippen LogP contribution in [-0.2, 0) is 4.79 Å². The number of hydrogen-bond acceptors (Lipinski definition) is 2. The number of aryl methyl sites for hydroxylation is 1. The number of carbonyl (C=O) groups is 1. The second-order valence-electron chi connectivity index (χ2n) is 5.53. The first kappa shape index (κ1) is 14.4. The second kappa shape index (κ2) is 5.51. The molecule has 0 aliphatic carbocycles. The maximum absolute atomic E-state index is 12.3. The van der Waals surface area contributed by atoms with Gasteiger partial charge >= 0.3 is 0 Å². The largest absolute Gasteiger partial charge is 0.355 e. The van der Waals surface area contributed by atoms with Crippen LogP contribution in [0.5, 0.6) is 0 Å². The zero-order valence-electron chi connectivity index (χ0n) is 11.2. The molecule has 1 aromatic carbocycles. The minimum Gasteiger partial charge on any atom is -0.355 e. The van der Waals surface area contributed by atoms with Crippen LogP contribution in [0.15, 0.2) is 24.3 Å². The van der Waals surface area contributed by atoms with Crippen LogP contribution in [0.4, 0.5) is 0 Å². The highest BCUT2D eigenvalue weighted by atomic mass is 35.5. The molecule has 19 heavy (non-hydrogen) atoms. The van der Waals surface area contributed by atoms with Crippen LogP contribution in [-0.4, -0.2) is 25.5 Å². The lowest BCUT2D eigenvalue weighted by Gasteiger charge is -2.37. The molecule has 0 saturated carbocycles. The Bertz CT molecular complexity index is 469. The van der Waals surface area contributed by atoms with Gasteiger partial charge in [0.15, 0.2) is 0 Å². The molecule has 0 aromatic heterocycles. The first-order chi connectivity index (χ1) is 8.74. The van der Waals surface area contributed by atoms with Crippen molar-refractivity contribution in [2.45, 2.75) is 25.7 Å². The molecule has 1 unspecified atom stereocenters. The monoisotopic (exact) mass is 280 g/mol. The van der Waals surface area contributed by atoms with Crippen molar-refractivity contribution in [2.24, 2.45) is 5.41 Å². The SMILES string of the molecule is Cc1ccccc1C1CNC(=O)C12CCNCC2.Cl. The van der Waals surface area contributed by atoms with Gasteiger partial charge < -0.3 is 10.6 Å². The van der Waals surface area contributed by atoms with Crippen molar-refractivity contribution in [3.63, 3.8) is 0 Å². The topological polar surface area (TPSA) is 41.1 Å². The van der Waals surface area contributed by atoms with Gasteiger partial charge in [-0.25, -0.2) is 0 Å². The van der Waals surface area contributed by atoms with Gasteiger partial charge in [-0.3, -0.25) is 4.79 Å². The summed E-state index contributed by atoms with van der Waals surface area (Å²) in [5, 5.41) is 6.45. The van der Waals surface area contributed by atoms with Crippen LogP contribution in [0, 0.1) is 12.3 Å². The Morgan fingerprint density at radius 3 is 2.58 bits per heavy atom. The highest BCUT2D eigenvalue weighted by Gasteiger charge is 2.51. The summed E-state index contributed by atoms with van der Waals surface area (Å²) in [7, 11) is 0. The molecule has 104 valence electrons. The molecule has 2 aliphatic rings. The third-order valence-electron chi connectivity index (χ3n) is 4.65. The van der Waals surface area contributed by atoms with E-state index in [4.69, 9.17) is 0 Å². The molecule has 2 fully saturated rings. The summed E-state index contributed by atoms with van der Waals surface area (Å²) in [4.78, 5) is 12.3. The highest BCUT2D eigenvalue weighted by molar-refractivity contribution is 5.86. The quantitative estimate of drug-likeness (QED) is 0.826. The molecular formula is C15H21ClN2O. The van der Waals surface area contributed by atoms with Gasteiger partial charge in [0, 0.05) is 12.5 Å². The van der Waals surface area contributed by atoms with Crippen molar-refractivity contribution < 1.29 is 4.79 Å². The van der Waals surface area contributed by atoms with Crippen LogP contribution in [0.1, 0.15) is 29.9 Å². The lowest BCUT2D eigenvalue weighted by molar-refractivity contribution is -0.129. The molecule has 0 bridgehead atoms. The van der Waals surface area contributed by atoms with Gasteiger partial charge in [0.1, 0.15) is 0 Å². The highest BCUT2D eigenvalue weighted by Crippen LogP contribution is 2.47. The van der Waals surface area contributed by atoms with Crippen molar-refractivity contribution in [3.8, 4) is 0 Å². The molecule has 1 spiro atoms. The molecule has 3 rings (SSSR count). The van der Waals surface area contributed by atoms with Gasteiger partial charge in [-0.15, -0.1) is 12.4 Å². The Morgan fingerprint density at radius 1 is 1.21 bits per heavy atom. The van der Waals surface area contributed by atoms with E-state index in [1.54, 1.807) is 0 Å². The van der Waals surface area contributed by atoms with Crippen LogP contribution in [0.25, 0.3) is 0 Å². The molecule has 4 heteroatoms. The average molecular weight is 281 g/mol. The van der Waals surface area contributed by atoms with Crippen LogP contribution in [0.3, 0.4) is 0 Å². The fraction of sp³-hybridized carbons (Fsp3) is 0.533. The minimum absolute atomic E-state index is 0. The first-order valence-corrected chi connectivity index (χ1v) is 6.78. The summed E-state index contributed by atoms with van der Waals surface area (Å²) in [5.74, 6) is 0.602. The van der Waals surface area contributed by atoms with Gasteiger partial charge in [0.25, 0.3) is 0 Å². The van der Waals surface area contributed by atoms with Gasteiger partial charge in [0.2, 0.25) is 5.91 Å². The molecule has 2 heterocycles. The molecule has 1 amide bonds. The smallest absolute Gasteiger partial charge is 0.227 e. The molecule has 0 radical (unpaired) electrons. The number of rotatable bonds is 1. The molecule has 1 atom stereocenters. The summed E-state index contributed by atoms with van der Waals surface area (Å²) in [6.45, 7) is 4.85. The number of nitrogens with one attached hydrogen (secondary N) is 2. The van der Waals surface area contributed by atoms with E-state index in [2.05, 4.69) is 41.8 Å². The fourth-order valence-corrected chi connectivity index (χ4v) is 3.56. The molecule has 2 N–H and O–H groups in total. The number of hydrogen-bond donors (Lipinski definition) is 2. The standard InChI is InChI=1S/C15H20N2O.ClH/c1-11-4-2-3-5-12(11)13-10-17-14(18)15(13)6-8-16-9-7-15;/h2-5,13,16H,6-10H2,1H3,(H,17,18);1H. The summed E-state index contributed by atoms with van der Waals surface area (Å²) in [5.41, 5.74) is 2.48. The van der Waals surface area contributed by atoms with Gasteiger partial charge in [-0.05, 0) is 44.0 Å². The van der Waals surface area contributed by atoms with Crippen molar-refractivity contribution in [1.82, 2.24) is 10.6 Å². The molecule has 2 aliphatic heterocycles. The number of carbonyl (C=O) groups excluding carboxylic acids is 1. The fourth-order valence-electron chi connectivity index (χ4n) is 3.56. The Hall–Kier alpha value is -1.06. The Kier molecular flexibility index (Phi) is 4.16. The van der Waals surface area contributed by atoms with E-state index in [9.17, 15) is 4.79 Å². The number of benzene rings is 1. The average Bonchev–Trinajstić information content (AvgIpc) is 2.69. The van der Waals surface area contributed by atoms with Crippen LogP contribution >= 0.6 is 12.4 Å². The summed E-state index contributed by atoms with van der Waals surface area (Å²) in [6.07, 6.45) is 1.91. The van der Waals surface area contributed by atoms with Gasteiger partial charge in [0.05, 0.1) is 5.41 Å². The molecule has 3 nitrogen and oxygen atoms in total. The summed E-state index contributed by atoms with van der Waals surface area (Å²) in [6, 6.07) is 8.48. The Labute approximate surface area is 120 Å². The van der Waals surface area contributed by atoms with Crippen molar-refractivity contribution in [2.75, 3.05) is 19.6 Å². The van der Waals surface area contributed by atoms with Gasteiger partial charge in [-0.1, -0.05) is 24.3 Å². The normalized spacial score (nSPS) is 24.9. The third kappa shape index (κ3) is 2.26. The number of amides is 1. The van der Waals surface area contributed by atoms with Crippen LogP contribution < -0.4 is 10.6 Å². The van der Waals surface area contributed by atoms with Gasteiger partial charge in [-0.2, -0.15) is 0 Å². The van der Waals surface area contributed by atoms with E-state index in [1.165, 1.54) is 11.1 Å². The van der Waals surface area contributed by atoms with Crippen LogP contribution in [0.2, 0.25) is 0 Å². The minimum atomic E-state index is -0.169. The Morgan fingerprint density at radius 2 is 1.89 bits per heavy atom. The number of halogens is 1. The van der Waals surface area contributed by atoms with Crippen molar-refractivity contribution in [3.05, 3.63) is 35.4 Å². The van der Waals surface area contributed by atoms with E-state index in [-0.39, 0.29) is 23.7 Å². The first-order valence-electron chi connectivity index (χ1n) is 6.78. The lowest BCUT2D eigenvalue weighted by atomic mass is 9.67. The van der Waals surface area contributed by atoms with E-state index >= 15 is 0 Å². The maximum atomic E-state index is 12.3. The zero-order chi connectivity index (χ0) is 12.6. The zero-order valence-corrected chi connectivity index (χ0v) is 12.1. The van der Waals surface area contributed by atoms with E-state index < -0.39 is 0 Å². The maximum Gasteiger partial charge on any atom is 0.227 e. The predicted octanol–water partition coefficient (Wildman–Crippen LogP) is 2.00. The third-order valence-corrected chi connectivity index (χ3v) is 4.65. The molecule has 2 saturated heterocycles. The molecule has 1 aromatic rings. The van der Waals surface area contributed by atoms with Crippen molar-refractivity contribution in [1.29, 1.82) is 0 Å². The van der Waals surface area contributed by atoms with E-state index in [0.29, 0.717) is 5.92 Å². The lowest BCUT2D eigenvalue weighted by Crippen LogP contribution is -2.44. The predicted molar refractivity (Wildman–Crippen MR) is 78.7 cm³/mol. The number of piperidine rings is 1. The van der Waals surface area contributed by atoms with E-state index in [0.717, 1.165) is 32.5 Å². The summed E-state index contributed by atoms with van der Waals surface area (Å²) >= 11 is 0. The second-order valence-corrected chi connectivity index (χ2v) is 5.53. The summed E-state index contributed by atoms with van der Waals surface area (Å²) < 4.78 is 0. The van der Waals surface area contributed by atoms with Crippen molar-refractivity contribution >= 4 is 18.3 Å². The van der Waals surface area contributed by atoms with E-state index in [1.807, 2.05) is 0 Å². The molecular weight excluding hydrogens is 260 g/mol. The Balaban J connectivity index is 0.00000133.